The van der Waals surface area contributed by atoms with Gasteiger partial charge in [0.15, 0.2) is 0 Å². The van der Waals surface area contributed by atoms with Crippen molar-refractivity contribution in [3.8, 4) is 0 Å². The van der Waals surface area contributed by atoms with Crippen LogP contribution in [0.3, 0.4) is 0 Å². The van der Waals surface area contributed by atoms with Gasteiger partial charge in [0.1, 0.15) is 5.60 Å². The Labute approximate surface area is 116 Å². The number of hydrogen-bond donors (Lipinski definition) is 1. The number of rotatable bonds is 2. The number of aliphatic hydroxyl groups is 1. The summed E-state index contributed by atoms with van der Waals surface area (Å²) >= 11 is 0. The Morgan fingerprint density at radius 3 is 1.95 bits per heavy atom. The van der Waals surface area contributed by atoms with Crippen LogP contribution in [0.2, 0.25) is 0 Å². The number of benzene rings is 1. The highest BCUT2D eigenvalue weighted by molar-refractivity contribution is 5.32. The first-order chi connectivity index (χ1) is 8.57. The van der Waals surface area contributed by atoms with Gasteiger partial charge in [0.25, 0.3) is 0 Å². The van der Waals surface area contributed by atoms with Crippen molar-refractivity contribution in [1.29, 1.82) is 0 Å². The third-order valence-corrected chi connectivity index (χ3v) is 4.26. The molecule has 1 fully saturated rings. The van der Waals surface area contributed by atoms with Crippen LogP contribution in [-0.4, -0.2) is 16.3 Å². The molecule has 19 heavy (non-hydrogen) atoms. The quantitative estimate of drug-likeness (QED) is 0.873. The molecule has 0 radical (unpaired) electrons. The summed E-state index contributed by atoms with van der Waals surface area (Å²) in [6.45, 7) is 12.4. The molecule has 2 heteroatoms. The van der Waals surface area contributed by atoms with Crippen LogP contribution in [0, 0.1) is 0 Å². The molecule has 1 aromatic rings. The van der Waals surface area contributed by atoms with Gasteiger partial charge < -0.3 is 9.84 Å². The normalized spacial score (nSPS) is 28.8. The first-order valence-corrected chi connectivity index (χ1v) is 7.10. The molecule has 1 heterocycles. The SMILES string of the molecule is CC(C)c1ccc(C2(O)CC(C)(C)OC2(C)C)cc1. The van der Waals surface area contributed by atoms with Gasteiger partial charge in [0.05, 0.1) is 11.2 Å². The zero-order valence-corrected chi connectivity index (χ0v) is 12.9. The average Bonchev–Trinajstić information content (AvgIpc) is 2.43. The van der Waals surface area contributed by atoms with Gasteiger partial charge in [-0.1, -0.05) is 38.1 Å². The second-order valence-corrected chi connectivity index (χ2v) is 7.19. The Balaban J connectivity index is 2.39. The van der Waals surface area contributed by atoms with E-state index in [0.717, 1.165) is 5.56 Å². The lowest BCUT2D eigenvalue weighted by Crippen LogP contribution is -2.43. The van der Waals surface area contributed by atoms with Gasteiger partial charge in [-0.25, -0.2) is 0 Å². The molecule has 0 saturated carbocycles. The van der Waals surface area contributed by atoms with Crippen molar-refractivity contribution in [2.75, 3.05) is 0 Å². The molecule has 106 valence electrons. The number of hydrogen-bond acceptors (Lipinski definition) is 2. The van der Waals surface area contributed by atoms with Crippen LogP contribution in [0.1, 0.15) is 65.0 Å². The molecule has 2 nitrogen and oxygen atoms in total. The maximum atomic E-state index is 11.1. The minimum absolute atomic E-state index is 0.297. The van der Waals surface area contributed by atoms with Crippen molar-refractivity contribution in [3.05, 3.63) is 35.4 Å². The van der Waals surface area contributed by atoms with E-state index in [1.54, 1.807) is 0 Å². The maximum absolute atomic E-state index is 11.1. The minimum Gasteiger partial charge on any atom is -0.382 e. The highest BCUT2D eigenvalue weighted by atomic mass is 16.5. The Bertz CT molecular complexity index is 457. The first-order valence-electron chi connectivity index (χ1n) is 7.10. The molecule has 1 N–H and O–H groups in total. The van der Waals surface area contributed by atoms with Crippen molar-refractivity contribution in [1.82, 2.24) is 0 Å². The second-order valence-electron chi connectivity index (χ2n) is 7.19. The van der Waals surface area contributed by atoms with Crippen molar-refractivity contribution in [2.45, 2.75) is 70.7 Å². The molecule has 1 aliphatic rings. The predicted octanol–water partition coefficient (Wildman–Crippen LogP) is 3.98. The highest BCUT2D eigenvalue weighted by Gasteiger charge is 2.57. The van der Waals surface area contributed by atoms with Crippen LogP contribution in [0.15, 0.2) is 24.3 Å². The largest absolute Gasteiger partial charge is 0.382 e. The molecular weight excluding hydrogens is 236 g/mol. The summed E-state index contributed by atoms with van der Waals surface area (Å²) in [4.78, 5) is 0. The van der Waals surface area contributed by atoms with E-state index in [4.69, 9.17) is 4.74 Å². The van der Waals surface area contributed by atoms with Crippen LogP contribution < -0.4 is 0 Å². The monoisotopic (exact) mass is 262 g/mol. The Hall–Kier alpha value is -0.860. The fourth-order valence-electron chi connectivity index (χ4n) is 3.23. The summed E-state index contributed by atoms with van der Waals surface area (Å²) in [6, 6.07) is 8.31. The van der Waals surface area contributed by atoms with Crippen LogP contribution >= 0.6 is 0 Å². The van der Waals surface area contributed by atoms with Crippen LogP contribution in [0.25, 0.3) is 0 Å². The zero-order valence-electron chi connectivity index (χ0n) is 12.9. The Morgan fingerprint density at radius 1 is 1.05 bits per heavy atom. The van der Waals surface area contributed by atoms with E-state index in [9.17, 15) is 5.11 Å². The van der Waals surface area contributed by atoms with Crippen LogP contribution in [-0.2, 0) is 10.3 Å². The van der Waals surface area contributed by atoms with E-state index in [1.165, 1.54) is 5.56 Å². The van der Waals surface area contributed by atoms with Gasteiger partial charge in [0.2, 0.25) is 0 Å². The summed E-state index contributed by atoms with van der Waals surface area (Å²) in [5, 5.41) is 11.1. The maximum Gasteiger partial charge on any atom is 0.121 e. The molecule has 1 aliphatic heterocycles. The molecule has 1 saturated heterocycles. The molecule has 0 aliphatic carbocycles. The van der Waals surface area contributed by atoms with E-state index in [1.807, 2.05) is 39.8 Å². The fraction of sp³-hybridized carbons (Fsp3) is 0.647. The van der Waals surface area contributed by atoms with E-state index >= 15 is 0 Å². The van der Waals surface area contributed by atoms with E-state index < -0.39 is 11.2 Å². The minimum atomic E-state index is -0.925. The third kappa shape index (κ3) is 2.44. The van der Waals surface area contributed by atoms with Gasteiger partial charge in [-0.3, -0.25) is 0 Å². The summed E-state index contributed by atoms with van der Waals surface area (Å²) in [5.74, 6) is 0.507. The average molecular weight is 262 g/mol. The van der Waals surface area contributed by atoms with Crippen LogP contribution in [0.4, 0.5) is 0 Å². The van der Waals surface area contributed by atoms with Crippen molar-refractivity contribution >= 4 is 0 Å². The lowest BCUT2D eigenvalue weighted by atomic mass is 9.77. The molecular formula is C17H26O2. The third-order valence-electron chi connectivity index (χ3n) is 4.26. The van der Waals surface area contributed by atoms with Crippen molar-refractivity contribution in [3.63, 3.8) is 0 Å². The predicted molar refractivity (Wildman–Crippen MR) is 78.3 cm³/mol. The van der Waals surface area contributed by atoms with Gasteiger partial charge in [-0.05, 0) is 44.7 Å². The molecule has 0 bridgehead atoms. The summed E-state index contributed by atoms with van der Waals surface area (Å²) in [6.07, 6.45) is 0.619. The van der Waals surface area contributed by atoms with E-state index in [0.29, 0.717) is 12.3 Å². The molecule has 2 rings (SSSR count). The summed E-state index contributed by atoms with van der Waals surface area (Å²) in [5.41, 5.74) is 0.451. The molecule has 0 amide bonds. The van der Waals surface area contributed by atoms with Gasteiger partial charge in [-0.2, -0.15) is 0 Å². The Morgan fingerprint density at radius 2 is 1.58 bits per heavy atom. The van der Waals surface area contributed by atoms with Crippen molar-refractivity contribution < 1.29 is 9.84 Å². The molecule has 1 aromatic carbocycles. The standard InChI is InChI=1S/C17H26O2/c1-12(2)13-7-9-14(10-8-13)17(18)11-15(3,4)19-16(17,5)6/h7-10,12,18H,11H2,1-6H3. The summed E-state index contributed by atoms with van der Waals surface area (Å²) < 4.78 is 6.03. The lowest BCUT2D eigenvalue weighted by Gasteiger charge is -2.35. The second kappa shape index (κ2) is 4.32. The first kappa shape index (κ1) is 14.5. The van der Waals surface area contributed by atoms with Crippen LogP contribution in [0.5, 0.6) is 0 Å². The summed E-state index contributed by atoms with van der Waals surface area (Å²) in [7, 11) is 0. The molecule has 0 aromatic heterocycles. The zero-order chi connectivity index (χ0) is 14.5. The topological polar surface area (TPSA) is 29.5 Å². The van der Waals surface area contributed by atoms with Gasteiger partial charge in [0, 0.05) is 6.42 Å². The highest BCUT2D eigenvalue weighted by Crippen LogP contribution is 2.50. The Kier molecular flexibility index (Phi) is 3.31. The van der Waals surface area contributed by atoms with Crippen molar-refractivity contribution in [2.24, 2.45) is 0 Å². The van der Waals surface area contributed by atoms with Gasteiger partial charge in [-0.15, -0.1) is 0 Å². The van der Waals surface area contributed by atoms with Gasteiger partial charge >= 0.3 is 0 Å². The smallest absolute Gasteiger partial charge is 0.121 e. The number of ether oxygens (including phenoxy) is 1. The molecule has 0 spiro atoms. The fourth-order valence-corrected chi connectivity index (χ4v) is 3.23. The van der Waals surface area contributed by atoms with E-state index in [2.05, 4.69) is 26.0 Å². The molecule has 1 unspecified atom stereocenters. The van der Waals surface area contributed by atoms with E-state index in [-0.39, 0.29) is 5.60 Å². The molecule has 1 atom stereocenters. The lowest BCUT2D eigenvalue weighted by molar-refractivity contribution is -0.129.